The third-order valence-corrected chi connectivity index (χ3v) is 6.76. The topological polar surface area (TPSA) is 112 Å². The fourth-order valence-electron chi connectivity index (χ4n) is 4.49. The molecule has 0 saturated heterocycles. The number of carbonyl (C=O) groups is 2. The Morgan fingerprint density at radius 3 is 2.45 bits per heavy atom. The number of hydrogen-bond acceptors (Lipinski definition) is 6. The van der Waals surface area contributed by atoms with Crippen LogP contribution in [0.5, 0.6) is 11.5 Å². The lowest BCUT2D eigenvalue weighted by Crippen LogP contribution is -2.43. The molecule has 208 valence electrons. The van der Waals surface area contributed by atoms with E-state index in [4.69, 9.17) is 14.6 Å². The van der Waals surface area contributed by atoms with Crippen molar-refractivity contribution in [3.63, 3.8) is 0 Å². The number of benzene rings is 2. The second-order valence-electron chi connectivity index (χ2n) is 10.4. The number of halogens is 2. The maximum absolute atomic E-state index is 14.3. The van der Waals surface area contributed by atoms with Crippen molar-refractivity contribution in [2.45, 2.75) is 39.5 Å². The first kappa shape index (κ1) is 26.9. The molecule has 1 aliphatic rings. The summed E-state index contributed by atoms with van der Waals surface area (Å²) in [5.74, 6) is -2.18. The van der Waals surface area contributed by atoms with Gasteiger partial charge < -0.3 is 19.5 Å². The monoisotopic (exact) mass is 551 g/mol. The zero-order valence-electron chi connectivity index (χ0n) is 22.5. The van der Waals surface area contributed by atoms with Crippen LogP contribution in [0.2, 0.25) is 0 Å². The van der Waals surface area contributed by atoms with Gasteiger partial charge in [-0.25, -0.2) is 13.5 Å². The van der Waals surface area contributed by atoms with Gasteiger partial charge >= 0.3 is 5.97 Å². The fourth-order valence-corrected chi connectivity index (χ4v) is 4.49. The van der Waals surface area contributed by atoms with E-state index in [1.54, 1.807) is 25.4 Å². The Hall–Kier alpha value is -4.74. The van der Waals surface area contributed by atoms with Crippen LogP contribution < -0.4 is 9.47 Å². The van der Waals surface area contributed by atoms with Crippen molar-refractivity contribution in [3.05, 3.63) is 65.6 Å². The number of fused-ring (bicyclic) bond motifs is 3. The lowest BCUT2D eigenvalue weighted by atomic mass is 9.96. The third-order valence-electron chi connectivity index (χ3n) is 6.76. The van der Waals surface area contributed by atoms with Crippen LogP contribution in [0.1, 0.15) is 36.8 Å². The summed E-state index contributed by atoms with van der Waals surface area (Å²) >= 11 is 0. The highest BCUT2D eigenvalue weighted by atomic mass is 19.1. The van der Waals surface area contributed by atoms with Gasteiger partial charge in [-0.3, -0.25) is 14.3 Å². The van der Waals surface area contributed by atoms with E-state index in [2.05, 4.69) is 10.2 Å². The molecule has 10 nitrogen and oxygen atoms in total. The van der Waals surface area contributed by atoms with E-state index in [-0.39, 0.29) is 30.4 Å². The van der Waals surface area contributed by atoms with Crippen LogP contribution in [0.25, 0.3) is 28.1 Å². The number of aliphatic carboxylic acids is 1. The molecule has 0 fully saturated rings. The average molecular weight is 552 g/mol. The van der Waals surface area contributed by atoms with Gasteiger partial charge in [0.15, 0.2) is 5.69 Å². The minimum Gasteiger partial charge on any atom is -0.496 e. The molecule has 0 radical (unpaired) electrons. The number of carbonyl (C=O) groups excluding carboxylic acids is 1. The minimum absolute atomic E-state index is 0.0156. The Kier molecular flexibility index (Phi) is 6.56. The fraction of sp³-hybridized carbons (Fsp3) is 0.286. The molecule has 0 unspecified atom stereocenters. The number of rotatable bonds is 6. The van der Waals surface area contributed by atoms with Crippen molar-refractivity contribution >= 4 is 11.9 Å². The molecule has 0 saturated carbocycles. The Balaban J connectivity index is 1.75. The number of hydrogen-bond donors (Lipinski definition) is 1. The molecule has 0 aliphatic carbocycles. The standard InChI is InChI=1S/C28H27F2N5O5/c1-28(2,3)33(4)27(38)25-21-14-40-23-10-22(39-5)19(15-11-31-34(12-15)13-24(36)37)9-20(23)26(21)35(32-25)18-7-16(29)6-17(30)8-18/h6-12H,13-14H2,1-5H3,(H,36,37). The number of carboxylic acid groups (broad SMARTS) is 1. The van der Waals surface area contributed by atoms with Crippen LogP contribution in [0.15, 0.2) is 42.7 Å². The first-order valence-corrected chi connectivity index (χ1v) is 12.3. The quantitative estimate of drug-likeness (QED) is 0.375. The van der Waals surface area contributed by atoms with Gasteiger partial charge in [-0.15, -0.1) is 0 Å². The molecule has 0 spiro atoms. The van der Waals surface area contributed by atoms with Crippen molar-refractivity contribution in [2.24, 2.45) is 0 Å². The van der Waals surface area contributed by atoms with E-state index in [1.807, 2.05) is 20.8 Å². The molecule has 1 amide bonds. The van der Waals surface area contributed by atoms with Crippen LogP contribution in [0.3, 0.4) is 0 Å². The van der Waals surface area contributed by atoms with Crippen LogP contribution in [0, 0.1) is 11.6 Å². The average Bonchev–Trinajstić information content (AvgIpc) is 3.50. The minimum atomic E-state index is -1.05. The van der Waals surface area contributed by atoms with Gasteiger partial charge in [-0.1, -0.05) is 0 Å². The van der Waals surface area contributed by atoms with E-state index < -0.39 is 23.1 Å². The molecule has 0 bridgehead atoms. The molecule has 0 atom stereocenters. The van der Waals surface area contributed by atoms with E-state index >= 15 is 0 Å². The Labute approximate surface area is 228 Å². The maximum Gasteiger partial charge on any atom is 0.325 e. The summed E-state index contributed by atoms with van der Waals surface area (Å²) in [4.78, 5) is 26.3. The summed E-state index contributed by atoms with van der Waals surface area (Å²) in [7, 11) is 3.14. The molecule has 4 aromatic rings. The lowest BCUT2D eigenvalue weighted by molar-refractivity contribution is -0.137. The van der Waals surface area contributed by atoms with Crippen LogP contribution >= 0.6 is 0 Å². The summed E-state index contributed by atoms with van der Waals surface area (Å²) in [6, 6.07) is 6.42. The summed E-state index contributed by atoms with van der Waals surface area (Å²) < 4.78 is 42.9. The molecular weight excluding hydrogens is 524 g/mol. The summed E-state index contributed by atoms with van der Waals surface area (Å²) in [6.45, 7) is 5.30. The number of carboxylic acids is 1. The van der Waals surface area contributed by atoms with Gasteiger partial charge in [0.05, 0.1) is 24.7 Å². The number of amides is 1. The number of nitrogens with zero attached hydrogens (tertiary/aromatic N) is 5. The SMILES string of the molecule is COc1cc2c(cc1-c1cnn(CC(=O)O)c1)-c1c(c(C(=O)N(C)C(C)(C)C)nn1-c1cc(F)cc(F)c1)CO2. The number of methoxy groups -OCH3 is 1. The zero-order valence-corrected chi connectivity index (χ0v) is 22.5. The Morgan fingerprint density at radius 2 is 1.82 bits per heavy atom. The molecule has 1 aliphatic heterocycles. The van der Waals surface area contributed by atoms with Crippen LogP contribution in [-0.4, -0.2) is 61.1 Å². The molecule has 12 heteroatoms. The van der Waals surface area contributed by atoms with Crippen molar-refractivity contribution in [3.8, 4) is 39.6 Å². The molecular formula is C28H27F2N5O5. The number of ether oxygens (including phenoxy) is 2. The first-order valence-electron chi connectivity index (χ1n) is 12.3. The van der Waals surface area contributed by atoms with Crippen LogP contribution in [-0.2, 0) is 17.9 Å². The maximum atomic E-state index is 14.3. The molecule has 5 rings (SSSR count). The van der Waals surface area contributed by atoms with E-state index in [1.165, 1.54) is 27.6 Å². The molecule has 3 heterocycles. The van der Waals surface area contributed by atoms with Crippen LogP contribution in [0.4, 0.5) is 8.78 Å². The molecule has 2 aromatic heterocycles. The van der Waals surface area contributed by atoms with Crippen molar-refractivity contribution in [1.29, 1.82) is 0 Å². The molecule has 1 N–H and O–H groups in total. The van der Waals surface area contributed by atoms with Gasteiger partial charge in [-0.05, 0) is 39.0 Å². The highest BCUT2D eigenvalue weighted by Crippen LogP contribution is 2.46. The Bertz CT molecular complexity index is 1630. The van der Waals surface area contributed by atoms with Gasteiger partial charge in [0.25, 0.3) is 5.91 Å². The van der Waals surface area contributed by atoms with Crippen molar-refractivity contribution < 1.29 is 33.0 Å². The van der Waals surface area contributed by atoms with E-state index in [0.717, 1.165) is 18.2 Å². The van der Waals surface area contributed by atoms with Crippen molar-refractivity contribution in [1.82, 2.24) is 24.5 Å². The van der Waals surface area contributed by atoms with Crippen molar-refractivity contribution in [2.75, 3.05) is 14.2 Å². The zero-order chi connectivity index (χ0) is 28.9. The molecule has 40 heavy (non-hydrogen) atoms. The summed E-state index contributed by atoms with van der Waals surface area (Å²) in [6.07, 6.45) is 3.07. The number of aromatic nitrogens is 4. The largest absolute Gasteiger partial charge is 0.496 e. The first-order chi connectivity index (χ1) is 18.9. The lowest BCUT2D eigenvalue weighted by Gasteiger charge is -2.31. The van der Waals surface area contributed by atoms with E-state index in [0.29, 0.717) is 39.4 Å². The summed E-state index contributed by atoms with van der Waals surface area (Å²) in [5, 5.41) is 17.8. The van der Waals surface area contributed by atoms with Gasteiger partial charge in [0.1, 0.15) is 36.3 Å². The molecule has 2 aromatic carbocycles. The van der Waals surface area contributed by atoms with Gasteiger partial charge in [0, 0.05) is 53.2 Å². The highest BCUT2D eigenvalue weighted by molar-refractivity contribution is 5.97. The van der Waals surface area contributed by atoms with Gasteiger partial charge in [-0.2, -0.15) is 10.2 Å². The predicted octanol–water partition coefficient (Wildman–Crippen LogP) is 4.54. The summed E-state index contributed by atoms with van der Waals surface area (Å²) in [5.41, 5.74) is 2.17. The smallest absolute Gasteiger partial charge is 0.325 e. The Morgan fingerprint density at radius 1 is 1.12 bits per heavy atom. The second kappa shape index (κ2) is 9.78. The second-order valence-corrected chi connectivity index (χ2v) is 10.4. The third kappa shape index (κ3) is 4.76. The highest BCUT2D eigenvalue weighted by Gasteiger charge is 2.35. The van der Waals surface area contributed by atoms with Gasteiger partial charge in [0.2, 0.25) is 0 Å². The predicted molar refractivity (Wildman–Crippen MR) is 141 cm³/mol. The normalized spacial score (nSPS) is 12.4. The van der Waals surface area contributed by atoms with E-state index in [9.17, 15) is 18.4 Å².